The van der Waals surface area contributed by atoms with Gasteiger partial charge in [-0.1, -0.05) is 33.8 Å². The smallest absolute Gasteiger partial charge is 0.125 e. The van der Waals surface area contributed by atoms with Gasteiger partial charge in [0, 0.05) is 0 Å². The van der Waals surface area contributed by atoms with Gasteiger partial charge in [0.2, 0.25) is 0 Å². The summed E-state index contributed by atoms with van der Waals surface area (Å²) >= 11 is 0. The van der Waals surface area contributed by atoms with E-state index in [1.807, 2.05) is 6.07 Å². The summed E-state index contributed by atoms with van der Waals surface area (Å²) in [5, 5.41) is 0. The highest BCUT2D eigenvalue weighted by atomic mass is 19.1. The molecule has 0 aliphatic heterocycles. The molecule has 0 spiro atoms. The molecule has 1 rings (SSSR count). The van der Waals surface area contributed by atoms with E-state index in [0.717, 1.165) is 12.0 Å². The second-order valence-electron chi connectivity index (χ2n) is 5.20. The number of nitrogens with two attached hydrogens (primary N) is 1. The molecule has 0 heterocycles. The molecule has 0 aliphatic carbocycles. The minimum absolute atomic E-state index is 0.137. The Morgan fingerprint density at radius 3 is 2.44 bits per heavy atom. The van der Waals surface area contributed by atoms with Gasteiger partial charge in [-0.2, -0.15) is 0 Å². The van der Waals surface area contributed by atoms with E-state index in [2.05, 4.69) is 33.1 Å². The van der Waals surface area contributed by atoms with Gasteiger partial charge in [0.1, 0.15) is 5.82 Å². The molecule has 16 heavy (non-hydrogen) atoms. The maximum atomic E-state index is 13.1. The van der Waals surface area contributed by atoms with Crippen LogP contribution in [0.1, 0.15) is 45.6 Å². The summed E-state index contributed by atoms with van der Waals surface area (Å²) in [6.45, 7) is 8.69. The zero-order valence-corrected chi connectivity index (χ0v) is 10.5. The van der Waals surface area contributed by atoms with Crippen LogP contribution in [0.4, 0.5) is 10.1 Å². The molecule has 0 bridgehead atoms. The maximum absolute atomic E-state index is 13.1. The van der Waals surface area contributed by atoms with E-state index in [4.69, 9.17) is 5.84 Å². The fourth-order valence-electron chi connectivity index (χ4n) is 2.26. The predicted octanol–water partition coefficient (Wildman–Crippen LogP) is 3.65. The van der Waals surface area contributed by atoms with E-state index in [0.29, 0.717) is 11.6 Å². The Labute approximate surface area is 97.0 Å². The standard InChI is InChI=1S/C13H21FN2/c1-5-11(13(2,3)4)10-7-6-9(14)8-12(10)16-15/h6-8,11,16H,5,15H2,1-4H3. The van der Waals surface area contributed by atoms with Gasteiger partial charge in [-0.05, 0) is 35.4 Å². The molecule has 0 amide bonds. The minimum Gasteiger partial charge on any atom is -0.324 e. The highest BCUT2D eigenvalue weighted by Gasteiger charge is 2.26. The zero-order valence-electron chi connectivity index (χ0n) is 10.5. The molecule has 0 saturated heterocycles. The van der Waals surface area contributed by atoms with Crippen LogP contribution in [-0.4, -0.2) is 0 Å². The van der Waals surface area contributed by atoms with Gasteiger partial charge < -0.3 is 5.43 Å². The van der Waals surface area contributed by atoms with Crippen molar-refractivity contribution in [1.29, 1.82) is 0 Å². The van der Waals surface area contributed by atoms with Crippen molar-refractivity contribution < 1.29 is 4.39 Å². The Bertz CT molecular complexity index is 355. The molecular weight excluding hydrogens is 203 g/mol. The topological polar surface area (TPSA) is 38.0 Å². The number of nitrogen functional groups attached to an aromatic ring is 1. The summed E-state index contributed by atoms with van der Waals surface area (Å²) in [7, 11) is 0. The number of hydrogen-bond donors (Lipinski definition) is 2. The molecule has 0 aliphatic rings. The molecule has 1 unspecified atom stereocenters. The van der Waals surface area contributed by atoms with Crippen molar-refractivity contribution in [3.8, 4) is 0 Å². The van der Waals surface area contributed by atoms with Gasteiger partial charge in [0.15, 0.2) is 0 Å². The molecule has 3 heteroatoms. The lowest BCUT2D eigenvalue weighted by Crippen LogP contribution is -2.20. The number of anilines is 1. The fourth-order valence-corrected chi connectivity index (χ4v) is 2.26. The average Bonchev–Trinajstić information content (AvgIpc) is 2.19. The van der Waals surface area contributed by atoms with E-state index in [9.17, 15) is 4.39 Å². The molecule has 2 nitrogen and oxygen atoms in total. The van der Waals surface area contributed by atoms with E-state index in [1.54, 1.807) is 0 Å². The minimum atomic E-state index is -0.263. The average molecular weight is 224 g/mol. The van der Waals surface area contributed by atoms with Crippen LogP contribution in [0.25, 0.3) is 0 Å². The summed E-state index contributed by atoms with van der Waals surface area (Å²) in [5.74, 6) is 5.54. The summed E-state index contributed by atoms with van der Waals surface area (Å²) in [6.07, 6.45) is 1.00. The molecule has 0 fully saturated rings. The monoisotopic (exact) mass is 224 g/mol. The van der Waals surface area contributed by atoms with Gasteiger partial charge in [-0.3, -0.25) is 5.84 Å². The summed E-state index contributed by atoms with van der Waals surface area (Å²) in [6, 6.07) is 4.76. The molecule has 1 aromatic rings. The largest absolute Gasteiger partial charge is 0.324 e. The first-order valence-corrected chi connectivity index (χ1v) is 5.66. The van der Waals surface area contributed by atoms with Crippen LogP contribution in [0.15, 0.2) is 18.2 Å². The molecule has 0 radical (unpaired) electrons. The Morgan fingerprint density at radius 1 is 1.38 bits per heavy atom. The SMILES string of the molecule is CCC(c1ccc(F)cc1NN)C(C)(C)C. The van der Waals surface area contributed by atoms with Crippen LogP contribution in [-0.2, 0) is 0 Å². The van der Waals surface area contributed by atoms with Crippen LogP contribution in [0.2, 0.25) is 0 Å². The zero-order chi connectivity index (χ0) is 12.3. The molecule has 0 saturated carbocycles. The van der Waals surface area contributed by atoms with Gasteiger partial charge >= 0.3 is 0 Å². The number of rotatable bonds is 3. The summed E-state index contributed by atoms with van der Waals surface area (Å²) in [5.41, 5.74) is 4.48. The van der Waals surface area contributed by atoms with Crippen LogP contribution >= 0.6 is 0 Å². The van der Waals surface area contributed by atoms with Gasteiger partial charge in [-0.25, -0.2) is 4.39 Å². The normalized spacial score (nSPS) is 13.6. The Morgan fingerprint density at radius 2 is 2.00 bits per heavy atom. The van der Waals surface area contributed by atoms with Crippen LogP contribution in [0.3, 0.4) is 0 Å². The lowest BCUT2D eigenvalue weighted by Gasteiger charge is -2.31. The van der Waals surface area contributed by atoms with Crippen molar-refractivity contribution in [3.63, 3.8) is 0 Å². The molecule has 3 N–H and O–H groups in total. The molecule has 90 valence electrons. The Kier molecular flexibility index (Phi) is 3.92. The first-order valence-electron chi connectivity index (χ1n) is 5.66. The van der Waals surface area contributed by atoms with Crippen molar-refractivity contribution in [1.82, 2.24) is 0 Å². The molecular formula is C13H21FN2. The predicted molar refractivity (Wildman–Crippen MR) is 66.7 cm³/mol. The first-order chi connectivity index (χ1) is 7.40. The van der Waals surface area contributed by atoms with Crippen molar-refractivity contribution in [3.05, 3.63) is 29.6 Å². The third-order valence-electron chi connectivity index (χ3n) is 3.00. The lowest BCUT2D eigenvalue weighted by atomic mass is 9.74. The number of benzene rings is 1. The van der Waals surface area contributed by atoms with Crippen LogP contribution < -0.4 is 11.3 Å². The highest BCUT2D eigenvalue weighted by Crippen LogP contribution is 2.40. The fraction of sp³-hybridized carbons (Fsp3) is 0.538. The number of nitrogens with one attached hydrogen (secondary N) is 1. The second kappa shape index (κ2) is 4.83. The van der Waals surface area contributed by atoms with Crippen molar-refractivity contribution in [2.24, 2.45) is 11.3 Å². The summed E-state index contributed by atoms with van der Waals surface area (Å²) in [4.78, 5) is 0. The van der Waals surface area contributed by atoms with E-state index < -0.39 is 0 Å². The van der Waals surface area contributed by atoms with Gasteiger partial charge in [0.05, 0.1) is 5.69 Å². The third-order valence-corrected chi connectivity index (χ3v) is 3.00. The Hall–Kier alpha value is -1.09. The third kappa shape index (κ3) is 2.73. The van der Waals surface area contributed by atoms with E-state index >= 15 is 0 Å². The number of hydrazine groups is 1. The van der Waals surface area contributed by atoms with Crippen LogP contribution in [0, 0.1) is 11.2 Å². The Balaban J connectivity index is 3.20. The second-order valence-corrected chi connectivity index (χ2v) is 5.20. The van der Waals surface area contributed by atoms with Crippen molar-refractivity contribution in [2.45, 2.75) is 40.0 Å². The summed E-state index contributed by atoms with van der Waals surface area (Å²) < 4.78 is 13.1. The van der Waals surface area contributed by atoms with E-state index in [1.165, 1.54) is 12.1 Å². The number of halogens is 1. The van der Waals surface area contributed by atoms with Crippen molar-refractivity contribution >= 4 is 5.69 Å². The molecule has 1 atom stereocenters. The highest BCUT2D eigenvalue weighted by molar-refractivity contribution is 5.52. The first kappa shape index (κ1) is 13.0. The van der Waals surface area contributed by atoms with Crippen LogP contribution in [0.5, 0.6) is 0 Å². The molecule has 0 aromatic heterocycles. The quantitative estimate of drug-likeness (QED) is 0.607. The van der Waals surface area contributed by atoms with Gasteiger partial charge in [-0.15, -0.1) is 0 Å². The van der Waals surface area contributed by atoms with Crippen molar-refractivity contribution in [2.75, 3.05) is 5.43 Å². The van der Waals surface area contributed by atoms with Gasteiger partial charge in [0.25, 0.3) is 0 Å². The molecule has 1 aromatic carbocycles. The lowest BCUT2D eigenvalue weighted by molar-refractivity contribution is 0.313. The maximum Gasteiger partial charge on any atom is 0.125 e. The number of hydrogen-bond acceptors (Lipinski definition) is 2. The van der Waals surface area contributed by atoms with E-state index in [-0.39, 0.29) is 11.2 Å².